The molecule has 1 saturated heterocycles. The van der Waals surface area contributed by atoms with Crippen molar-refractivity contribution in [1.82, 2.24) is 14.9 Å². The Kier molecular flexibility index (Phi) is 5.94. The van der Waals surface area contributed by atoms with Crippen LogP contribution in [0.4, 0.5) is 4.39 Å². The van der Waals surface area contributed by atoms with Crippen LogP contribution >= 0.6 is 0 Å². The van der Waals surface area contributed by atoms with Gasteiger partial charge in [-0.25, -0.2) is 4.39 Å². The van der Waals surface area contributed by atoms with Crippen LogP contribution in [0.3, 0.4) is 0 Å². The molecule has 1 unspecified atom stereocenters. The molecule has 1 fully saturated rings. The number of halogens is 1. The van der Waals surface area contributed by atoms with Gasteiger partial charge in [0.1, 0.15) is 5.82 Å². The molecule has 148 valence electrons. The monoisotopic (exact) mass is 389 g/mol. The van der Waals surface area contributed by atoms with Gasteiger partial charge in [-0.1, -0.05) is 18.2 Å². The second kappa shape index (κ2) is 8.95. The minimum atomic E-state index is -0.228. The van der Waals surface area contributed by atoms with Gasteiger partial charge in [0.15, 0.2) is 0 Å². The maximum Gasteiger partial charge on any atom is 0.227 e. The van der Waals surface area contributed by atoms with E-state index in [4.69, 9.17) is 4.98 Å². The Morgan fingerprint density at radius 3 is 2.72 bits per heavy atom. The highest BCUT2D eigenvalue weighted by Gasteiger charge is 2.25. The number of rotatable bonds is 5. The largest absolute Gasteiger partial charge is 0.342 e. The zero-order valence-corrected chi connectivity index (χ0v) is 16.3. The van der Waals surface area contributed by atoms with E-state index in [1.807, 2.05) is 41.3 Å². The van der Waals surface area contributed by atoms with Gasteiger partial charge in [-0.15, -0.1) is 0 Å². The fraction of sp³-hybridized carbons (Fsp3) is 0.292. The minimum Gasteiger partial charge on any atom is -0.342 e. The van der Waals surface area contributed by atoms with E-state index < -0.39 is 0 Å². The number of likely N-dealkylation sites (tertiary alicyclic amines) is 1. The van der Waals surface area contributed by atoms with E-state index in [1.54, 1.807) is 24.5 Å². The summed E-state index contributed by atoms with van der Waals surface area (Å²) in [5.74, 6) is 0.156. The van der Waals surface area contributed by atoms with Gasteiger partial charge in [0.05, 0.1) is 6.42 Å². The number of nitrogens with zero attached hydrogens (tertiary/aromatic N) is 3. The maximum absolute atomic E-state index is 13.5. The second-order valence-corrected chi connectivity index (χ2v) is 7.57. The van der Waals surface area contributed by atoms with E-state index in [-0.39, 0.29) is 17.6 Å². The third-order valence-electron chi connectivity index (χ3n) is 5.40. The summed E-state index contributed by atoms with van der Waals surface area (Å²) in [6, 6.07) is 16.4. The maximum atomic E-state index is 13.5. The lowest BCUT2D eigenvalue weighted by atomic mass is 9.93. The van der Waals surface area contributed by atoms with Crippen molar-refractivity contribution in [3.05, 3.63) is 95.3 Å². The van der Waals surface area contributed by atoms with E-state index in [0.717, 1.165) is 41.9 Å². The normalized spacial score (nSPS) is 16.6. The summed E-state index contributed by atoms with van der Waals surface area (Å²) in [4.78, 5) is 23.5. The molecule has 1 aromatic carbocycles. The van der Waals surface area contributed by atoms with Gasteiger partial charge in [0.25, 0.3) is 0 Å². The molecule has 29 heavy (non-hydrogen) atoms. The third-order valence-corrected chi connectivity index (χ3v) is 5.40. The van der Waals surface area contributed by atoms with Crippen molar-refractivity contribution in [2.24, 2.45) is 0 Å². The Labute approximate surface area is 170 Å². The number of aromatic nitrogens is 2. The summed E-state index contributed by atoms with van der Waals surface area (Å²) in [5, 5.41) is 0. The lowest BCUT2D eigenvalue weighted by molar-refractivity contribution is -0.131. The summed E-state index contributed by atoms with van der Waals surface area (Å²) in [6.45, 7) is 1.49. The minimum absolute atomic E-state index is 0.150. The van der Waals surface area contributed by atoms with Crippen LogP contribution in [0.2, 0.25) is 0 Å². The van der Waals surface area contributed by atoms with Crippen LogP contribution in [0.15, 0.2) is 67.0 Å². The molecule has 4 rings (SSSR count). The Morgan fingerprint density at radius 2 is 1.90 bits per heavy atom. The smallest absolute Gasteiger partial charge is 0.227 e. The highest BCUT2D eigenvalue weighted by molar-refractivity contribution is 5.78. The van der Waals surface area contributed by atoms with Crippen molar-refractivity contribution in [1.29, 1.82) is 0 Å². The zero-order valence-electron chi connectivity index (χ0n) is 16.3. The van der Waals surface area contributed by atoms with Gasteiger partial charge in [-0.2, -0.15) is 0 Å². The number of amides is 1. The molecular weight excluding hydrogens is 365 g/mol. The standard InChI is InChI=1S/C24H24FN3O/c25-21-6-1-4-19(14-21)15-22-7-2-8-23(27-22)20-5-3-13-28(17-20)24(29)16-18-9-11-26-12-10-18/h1-2,4,6-12,14,20H,3,5,13,15-17H2. The van der Waals surface area contributed by atoms with Gasteiger partial charge in [-0.3, -0.25) is 14.8 Å². The number of benzene rings is 1. The van der Waals surface area contributed by atoms with Gasteiger partial charge >= 0.3 is 0 Å². The first-order chi connectivity index (χ1) is 14.2. The molecule has 0 aliphatic carbocycles. The molecule has 1 aliphatic heterocycles. The highest BCUT2D eigenvalue weighted by atomic mass is 19.1. The van der Waals surface area contributed by atoms with Crippen molar-refractivity contribution in [3.8, 4) is 0 Å². The lowest BCUT2D eigenvalue weighted by Crippen LogP contribution is -2.40. The topological polar surface area (TPSA) is 46.1 Å². The fourth-order valence-electron chi connectivity index (χ4n) is 3.91. The summed E-state index contributed by atoms with van der Waals surface area (Å²) in [7, 11) is 0. The van der Waals surface area contributed by atoms with Crippen LogP contribution in [-0.2, 0) is 17.6 Å². The van der Waals surface area contributed by atoms with Crippen LogP contribution < -0.4 is 0 Å². The van der Waals surface area contributed by atoms with Crippen molar-refractivity contribution in [3.63, 3.8) is 0 Å². The highest BCUT2D eigenvalue weighted by Crippen LogP contribution is 2.26. The molecule has 0 radical (unpaired) electrons. The molecular formula is C24H24FN3O. The van der Waals surface area contributed by atoms with E-state index in [0.29, 0.717) is 19.4 Å². The molecule has 1 aliphatic rings. The van der Waals surface area contributed by atoms with Gasteiger partial charge < -0.3 is 4.90 Å². The molecule has 5 heteroatoms. The number of pyridine rings is 2. The Morgan fingerprint density at radius 1 is 1.07 bits per heavy atom. The summed E-state index contributed by atoms with van der Waals surface area (Å²) in [5.41, 5.74) is 3.84. The molecule has 3 aromatic rings. The van der Waals surface area contributed by atoms with Crippen LogP contribution in [0.1, 0.15) is 41.3 Å². The Bertz CT molecular complexity index is 977. The van der Waals surface area contributed by atoms with Gasteiger partial charge in [-0.05, 0) is 60.4 Å². The number of piperidine rings is 1. The zero-order chi connectivity index (χ0) is 20.1. The van der Waals surface area contributed by atoms with Gasteiger partial charge in [0, 0.05) is 49.2 Å². The summed E-state index contributed by atoms with van der Waals surface area (Å²) in [6.07, 6.45) is 6.44. The molecule has 4 nitrogen and oxygen atoms in total. The molecule has 0 N–H and O–H groups in total. The van der Waals surface area contributed by atoms with E-state index in [1.165, 1.54) is 6.07 Å². The van der Waals surface area contributed by atoms with Crippen molar-refractivity contribution >= 4 is 5.91 Å². The lowest BCUT2D eigenvalue weighted by Gasteiger charge is -2.32. The molecule has 0 spiro atoms. The second-order valence-electron chi connectivity index (χ2n) is 7.57. The molecule has 2 aromatic heterocycles. The number of hydrogen-bond acceptors (Lipinski definition) is 3. The first-order valence-corrected chi connectivity index (χ1v) is 10.0. The fourth-order valence-corrected chi connectivity index (χ4v) is 3.91. The SMILES string of the molecule is O=C(Cc1ccncc1)N1CCCC(c2cccc(Cc3cccc(F)c3)n2)C1. The van der Waals surface area contributed by atoms with Crippen molar-refractivity contribution < 1.29 is 9.18 Å². The predicted octanol–water partition coefficient (Wildman–Crippen LogP) is 4.16. The van der Waals surface area contributed by atoms with Crippen LogP contribution in [0.5, 0.6) is 0 Å². The number of hydrogen-bond donors (Lipinski definition) is 0. The first kappa shape index (κ1) is 19.2. The average Bonchev–Trinajstić information content (AvgIpc) is 2.75. The van der Waals surface area contributed by atoms with E-state index in [2.05, 4.69) is 4.98 Å². The Balaban J connectivity index is 1.43. The van der Waals surface area contributed by atoms with Crippen molar-refractivity contribution in [2.45, 2.75) is 31.6 Å². The van der Waals surface area contributed by atoms with Crippen LogP contribution in [0, 0.1) is 5.82 Å². The number of carbonyl (C=O) groups is 1. The Hall–Kier alpha value is -3.08. The molecule has 3 heterocycles. The van der Waals surface area contributed by atoms with Crippen LogP contribution in [-0.4, -0.2) is 33.9 Å². The average molecular weight is 389 g/mol. The van der Waals surface area contributed by atoms with Gasteiger partial charge in [0.2, 0.25) is 5.91 Å². The molecule has 1 amide bonds. The van der Waals surface area contributed by atoms with Crippen molar-refractivity contribution in [2.75, 3.05) is 13.1 Å². The number of carbonyl (C=O) groups excluding carboxylic acids is 1. The first-order valence-electron chi connectivity index (χ1n) is 10.0. The summed E-state index contributed by atoms with van der Waals surface area (Å²) >= 11 is 0. The predicted molar refractivity (Wildman–Crippen MR) is 110 cm³/mol. The summed E-state index contributed by atoms with van der Waals surface area (Å²) < 4.78 is 13.5. The van der Waals surface area contributed by atoms with E-state index in [9.17, 15) is 9.18 Å². The quantitative estimate of drug-likeness (QED) is 0.658. The van der Waals surface area contributed by atoms with E-state index >= 15 is 0 Å². The molecule has 0 saturated carbocycles. The van der Waals surface area contributed by atoms with Crippen LogP contribution in [0.25, 0.3) is 0 Å². The molecule has 0 bridgehead atoms. The molecule has 1 atom stereocenters. The third kappa shape index (κ3) is 5.05.